The molecule has 4 heteroatoms. The fourth-order valence-corrected chi connectivity index (χ4v) is 2.56. The number of hydrogen-bond acceptors (Lipinski definition) is 1. The molecule has 0 spiro atoms. The third-order valence-corrected chi connectivity index (χ3v) is 3.63. The van der Waals surface area contributed by atoms with Gasteiger partial charge in [0, 0.05) is 12.1 Å². The minimum absolute atomic E-state index is 0.134. The van der Waals surface area contributed by atoms with E-state index >= 15 is 0 Å². The molecule has 1 aliphatic heterocycles. The van der Waals surface area contributed by atoms with E-state index in [1.807, 2.05) is 26.0 Å². The quantitative estimate of drug-likeness (QED) is 0.802. The molecule has 0 radical (unpaired) electrons. The molecule has 1 nitrogen and oxygen atoms in total. The summed E-state index contributed by atoms with van der Waals surface area (Å²) in [6.45, 7) is 3.87. The molecule has 100 valence electrons. The highest BCUT2D eigenvalue weighted by molar-refractivity contribution is 5.25. The van der Waals surface area contributed by atoms with Crippen molar-refractivity contribution in [2.45, 2.75) is 44.9 Å². The highest BCUT2D eigenvalue weighted by Crippen LogP contribution is 2.42. The molecular weight excluding hydrogens is 239 g/mol. The minimum atomic E-state index is -4.14. The monoisotopic (exact) mass is 257 g/mol. The lowest BCUT2D eigenvalue weighted by Gasteiger charge is -2.37. The van der Waals surface area contributed by atoms with Crippen LogP contribution >= 0.6 is 0 Å². The summed E-state index contributed by atoms with van der Waals surface area (Å²) in [6, 6.07) is 6.84. The van der Waals surface area contributed by atoms with Gasteiger partial charge in [0.25, 0.3) is 0 Å². The Hall–Kier alpha value is -1.03. The van der Waals surface area contributed by atoms with Gasteiger partial charge in [-0.25, -0.2) is 0 Å². The average Bonchev–Trinajstić information content (AvgIpc) is 2.28. The molecule has 1 N–H and O–H groups in total. The second-order valence-corrected chi connectivity index (χ2v) is 5.18. The topological polar surface area (TPSA) is 12.0 Å². The van der Waals surface area contributed by atoms with E-state index in [1.165, 1.54) is 0 Å². The molecule has 1 aromatic carbocycles. The lowest BCUT2D eigenvalue weighted by molar-refractivity contribution is -0.190. The molecule has 0 aromatic heterocycles. The SMILES string of the molecule is Cc1ccc([C@@H]2N[C@H](C)CC[C@@H]2C(F)(F)F)cc1. The lowest BCUT2D eigenvalue weighted by Crippen LogP contribution is -2.45. The number of hydrogen-bond donors (Lipinski definition) is 1. The number of benzene rings is 1. The van der Waals surface area contributed by atoms with Crippen molar-refractivity contribution >= 4 is 0 Å². The summed E-state index contributed by atoms with van der Waals surface area (Å²) in [4.78, 5) is 0. The Bertz CT molecular complexity index is 396. The van der Waals surface area contributed by atoms with Gasteiger partial charge in [-0.3, -0.25) is 0 Å². The summed E-state index contributed by atoms with van der Waals surface area (Å²) in [7, 11) is 0. The van der Waals surface area contributed by atoms with E-state index in [0.29, 0.717) is 6.42 Å². The largest absolute Gasteiger partial charge is 0.393 e. The van der Waals surface area contributed by atoms with E-state index < -0.39 is 18.1 Å². The van der Waals surface area contributed by atoms with Gasteiger partial charge in [0.1, 0.15) is 0 Å². The molecule has 2 rings (SSSR count). The van der Waals surface area contributed by atoms with Crippen LogP contribution in [0.3, 0.4) is 0 Å². The van der Waals surface area contributed by atoms with Gasteiger partial charge in [0.2, 0.25) is 0 Å². The predicted octanol–water partition coefficient (Wildman–Crippen LogP) is 3.99. The number of aryl methyl sites for hydroxylation is 1. The molecule has 3 atom stereocenters. The zero-order valence-corrected chi connectivity index (χ0v) is 10.6. The second kappa shape index (κ2) is 4.92. The van der Waals surface area contributed by atoms with E-state index in [9.17, 15) is 13.2 Å². The highest BCUT2D eigenvalue weighted by atomic mass is 19.4. The van der Waals surface area contributed by atoms with Crippen molar-refractivity contribution in [2.24, 2.45) is 5.92 Å². The number of nitrogens with one attached hydrogen (secondary N) is 1. The molecule has 1 saturated heterocycles. The van der Waals surface area contributed by atoms with Gasteiger partial charge in [0.15, 0.2) is 0 Å². The average molecular weight is 257 g/mol. The van der Waals surface area contributed by atoms with Crippen molar-refractivity contribution in [1.82, 2.24) is 5.32 Å². The second-order valence-electron chi connectivity index (χ2n) is 5.18. The zero-order valence-electron chi connectivity index (χ0n) is 10.6. The summed E-state index contributed by atoms with van der Waals surface area (Å²) in [5.41, 5.74) is 1.79. The van der Waals surface area contributed by atoms with Gasteiger partial charge >= 0.3 is 6.18 Å². The molecule has 0 saturated carbocycles. The third-order valence-electron chi connectivity index (χ3n) is 3.63. The third kappa shape index (κ3) is 2.86. The van der Waals surface area contributed by atoms with Crippen LogP contribution in [0.25, 0.3) is 0 Å². The fraction of sp³-hybridized carbons (Fsp3) is 0.571. The van der Waals surface area contributed by atoms with E-state index in [2.05, 4.69) is 5.32 Å². The maximum Gasteiger partial charge on any atom is 0.393 e. The molecule has 1 aromatic rings. The smallest absolute Gasteiger partial charge is 0.307 e. The van der Waals surface area contributed by atoms with E-state index in [1.54, 1.807) is 12.1 Å². The highest BCUT2D eigenvalue weighted by Gasteiger charge is 2.47. The first kappa shape index (κ1) is 13.4. The van der Waals surface area contributed by atoms with Crippen LogP contribution < -0.4 is 5.32 Å². The molecular formula is C14H18F3N. The Morgan fingerprint density at radius 2 is 1.72 bits per heavy atom. The first-order valence-electron chi connectivity index (χ1n) is 6.27. The van der Waals surface area contributed by atoms with Crippen LogP contribution in [0.2, 0.25) is 0 Å². The van der Waals surface area contributed by atoms with Crippen molar-refractivity contribution in [1.29, 1.82) is 0 Å². The van der Waals surface area contributed by atoms with Crippen molar-refractivity contribution < 1.29 is 13.2 Å². The minimum Gasteiger partial charge on any atom is -0.307 e. The summed E-state index contributed by atoms with van der Waals surface area (Å²) in [6.07, 6.45) is -3.36. The van der Waals surface area contributed by atoms with Crippen LogP contribution in [-0.4, -0.2) is 12.2 Å². The van der Waals surface area contributed by atoms with Crippen LogP contribution in [0.1, 0.15) is 36.9 Å². The lowest BCUT2D eigenvalue weighted by atomic mass is 9.83. The number of alkyl halides is 3. The van der Waals surface area contributed by atoms with Crippen LogP contribution in [0.5, 0.6) is 0 Å². The Balaban J connectivity index is 2.28. The van der Waals surface area contributed by atoms with E-state index in [0.717, 1.165) is 11.1 Å². The molecule has 0 amide bonds. The molecule has 1 aliphatic rings. The number of halogens is 3. The van der Waals surface area contributed by atoms with Crippen LogP contribution in [0, 0.1) is 12.8 Å². The predicted molar refractivity (Wildman–Crippen MR) is 65.3 cm³/mol. The summed E-state index contributed by atoms with van der Waals surface area (Å²) in [5.74, 6) is -1.28. The normalized spacial score (nSPS) is 29.3. The first-order valence-corrected chi connectivity index (χ1v) is 6.27. The molecule has 1 heterocycles. The van der Waals surface area contributed by atoms with Gasteiger partial charge in [-0.05, 0) is 32.3 Å². The summed E-state index contributed by atoms with van der Waals surface area (Å²) < 4.78 is 39.1. The van der Waals surface area contributed by atoms with Crippen LogP contribution in [-0.2, 0) is 0 Å². The van der Waals surface area contributed by atoms with Crippen molar-refractivity contribution in [2.75, 3.05) is 0 Å². The first-order chi connectivity index (χ1) is 8.38. The fourth-order valence-electron chi connectivity index (χ4n) is 2.56. The standard InChI is InChI=1S/C14H18F3N/c1-9-3-6-11(7-4-9)13-12(14(15,16)17)8-5-10(2)18-13/h3-4,6-7,10,12-13,18H,5,8H2,1-2H3/t10-,12+,13+/m1/s1. The Morgan fingerprint density at radius 1 is 1.11 bits per heavy atom. The Labute approximate surface area is 105 Å². The Kier molecular flexibility index (Phi) is 3.66. The van der Waals surface area contributed by atoms with Gasteiger partial charge in [0.05, 0.1) is 5.92 Å². The molecule has 18 heavy (non-hydrogen) atoms. The molecule has 0 aliphatic carbocycles. The molecule has 0 bridgehead atoms. The number of piperidine rings is 1. The van der Waals surface area contributed by atoms with Gasteiger partial charge in [-0.1, -0.05) is 29.8 Å². The molecule has 1 fully saturated rings. The van der Waals surface area contributed by atoms with Gasteiger partial charge in [-0.2, -0.15) is 13.2 Å². The van der Waals surface area contributed by atoms with Crippen molar-refractivity contribution in [3.63, 3.8) is 0 Å². The maximum absolute atomic E-state index is 13.0. The molecule has 0 unspecified atom stereocenters. The Morgan fingerprint density at radius 3 is 2.28 bits per heavy atom. The van der Waals surface area contributed by atoms with Gasteiger partial charge < -0.3 is 5.32 Å². The van der Waals surface area contributed by atoms with Crippen molar-refractivity contribution in [3.05, 3.63) is 35.4 Å². The summed E-state index contributed by atoms with van der Waals surface area (Å²) >= 11 is 0. The van der Waals surface area contributed by atoms with Crippen LogP contribution in [0.15, 0.2) is 24.3 Å². The van der Waals surface area contributed by atoms with Crippen LogP contribution in [0.4, 0.5) is 13.2 Å². The maximum atomic E-state index is 13.0. The van der Waals surface area contributed by atoms with Crippen molar-refractivity contribution in [3.8, 4) is 0 Å². The van der Waals surface area contributed by atoms with Gasteiger partial charge in [-0.15, -0.1) is 0 Å². The number of rotatable bonds is 1. The summed E-state index contributed by atoms with van der Waals surface area (Å²) in [5, 5.41) is 3.09. The zero-order chi connectivity index (χ0) is 13.3. The van der Waals surface area contributed by atoms with E-state index in [4.69, 9.17) is 0 Å². The van der Waals surface area contributed by atoms with E-state index in [-0.39, 0.29) is 12.5 Å².